The van der Waals surface area contributed by atoms with E-state index in [0.29, 0.717) is 19.7 Å². The van der Waals surface area contributed by atoms with E-state index in [9.17, 15) is 5.11 Å². The van der Waals surface area contributed by atoms with E-state index < -0.39 is 0 Å². The number of ether oxygens (including phenoxy) is 1. The zero-order chi connectivity index (χ0) is 17.5. The molecule has 1 aromatic carbocycles. The summed E-state index contributed by atoms with van der Waals surface area (Å²) < 4.78 is 11.6. The van der Waals surface area contributed by atoms with Gasteiger partial charge in [0.1, 0.15) is 17.3 Å². The highest BCUT2D eigenvalue weighted by atomic mass is 16.5. The van der Waals surface area contributed by atoms with Crippen LogP contribution in [-0.4, -0.2) is 36.3 Å². The van der Waals surface area contributed by atoms with E-state index in [1.165, 1.54) is 0 Å². The van der Waals surface area contributed by atoms with Crippen LogP contribution >= 0.6 is 0 Å². The molecule has 25 heavy (non-hydrogen) atoms. The SMILES string of the molecule is CCOc1cccc(CN(CCO)Cc2ccc(C3CCNN3)o2)c1. The molecule has 1 fully saturated rings. The molecule has 0 radical (unpaired) electrons. The number of aliphatic hydroxyl groups is 1. The number of benzene rings is 1. The number of nitrogens with zero attached hydrogens (tertiary/aromatic N) is 1. The predicted octanol–water partition coefficient (Wildman–Crippen LogP) is 2.21. The highest BCUT2D eigenvalue weighted by Crippen LogP contribution is 2.23. The monoisotopic (exact) mass is 345 g/mol. The van der Waals surface area contributed by atoms with Gasteiger partial charge in [-0.25, -0.2) is 5.43 Å². The highest BCUT2D eigenvalue weighted by molar-refractivity contribution is 5.28. The van der Waals surface area contributed by atoms with Gasteiger partial charge in [-0.2, -0.15) is 0 Å². The van der Waals surface area contributed by atoms with Crippen LogP contribution in [0.2, 0.25) is 0 Å². The fourth-order valence-corrected chi connectivity index (χ4v) is 3.10. The molecule has 3 rings (SSSR count). The molecule has 1 unspecified atom stereocenters. The third-order valence-corrected chi connectivity index (χ3v) is 4.27. The van der Waals surface area contributed by atoms with E-state index in [1.54, 1.807) is 0 Å². The Morgan fingerprint density at radius 1 is 1.28 bits per heavy atom. The molecule has 2 aromatic rings. The highest BCUT2D eigenvalue weighted by Gasteiger charge is 2.20. The largest absolute Gasteiger partial charge is 0.494 e. The smallest absolute Gasteiger partial charge is 0.122 e. The summed E-state index contributed by atoms with van der Waals surface area (Å²) in [6.45, 7) is 5.70. The second kappa shape index (κ2) is 9.01. The lowest BCUT2D eigenvalue weighted by Gasteiger charge is -2.20. The molecule has 0 spiro atoms. The quantitative estimate of drug-likeness (QED) is 0.647. The van der Waals surface area contributed by atoms with Gasteiger partial charge in [-0.15, -0.1) is 0 Å². The van der Waals surface area contributed by atoms with Gasteiger partial charge in [0.25, 0.3) is 0 Å². The lowest BCUT2D eigenvalue weighted by atomic mass is 10.2. The van der Waals surface area contributed by atoms with Crippen LogP contribution in [-0.2, 0) is 13.1 Å². The van der Waals surface area contributed by atoms with Gasteiger partial charge in [0.15, 0.2) is 0 Å². The Labute approximate surface area is 148 Å². The first kappa shape index (κ1) is 17.9. The van der Waals surface area contributed by atoms with E-state index in [0.717, 1.165) is 42.3 Å². The normalized spacial score (nSPS) is 17.3. The van der Waals surface area contributed by atoms with Gasteiger partial charge in [0.05, 0.1) is 25.8 Å². The number of nitrogens with one attached hydrogen (secondary N) is 2. The van der Waals surface area contributed by atoms with E-state index in [1.807, 2.05) is 31.2 Å². The minimum absolute atomic E-state index is 0.118. The third kappa shape index (κ3) is 5.06. The average Bonchev–Trinajstić information content (AvgIpc) is 3.27. The Kier molecular flexibility index (Phi) is 6.47. The number of hydrogen-bond acceptors (Lipinski definition) is 6. The molecule has 136 valence electrons. The third-order valence-electron chi connectivity index (χ3n) is 4.27. The molecule has 1 aliphatic rings. The second-order valence-corrected chi connectivity index (χ2v) is 6.23. The molecule has 1 aromatic heterocycles. The van der Waals surface area contributed by atoms with Gasteiger partial charge < -0.3 is 14.3 Å². The first-order valence-corrected chi connectivity index (χ1v) is 8.90. The first-order valence-electron chi connectivity index (χ1n) is 8.90. The van der Waals surface area contributed by atoms with Crippen molar-refractivity contribution in [1.29, 1.82) is 0 Å². The summed E-state index contributed by atoms with van der Waals surface area (Å²) in [5, 5.41) is 9.39. The Morgan fingerprint density at radius 2 is 2.20 bits per heavy atom. The molecule has 0 saturated carbocycles. The average molecular weight is 345 g/mol. The van der Waals surface area contributed by atoms with Crippen molar-refractivity contribution < 1.29 is 14.3 Å². The van der Waals surface area contributed by atoms with Crippen LogP contribution in [0, 0.1) is 0 Å². The Bertz CT molecular complexity index is 653. The summed E-state index contributed by atoms with van der Waals surface area (Å²) in [4.78, 5) is 2.17. The minimum Gasteiger partial charge on any atom is -0.494 e. The fraction of sp³-hybridized carbons (Fsp3) is 0.474. The molecule has 1 atom stereocenters. The fourth-order valence-electron chi connectivity index (χ4n) is 3.10. The van der Waals surface area contributed by atoms with Crippen LogP contribution in [0.3, 0.4) is 0 Å². The Balaban J connectivity index is 1.63. The number of rotatable bonds is 9. The lowest BCUT2D eigenvalue weighted by Crippen LogP contribution is -2.26. The maximum absolute atomic E-state index is 9.39. The molecule has 6 heteroatoms. The Morgan fingerprint density at radius 3 is 2.96 bits per heavy atom. The van der Waals surface area contributed by atoms with Crippen molar-refractivity contribution in [2.75, 3.05) is 26.3 Å². The Hall–Kier alpha value is -1.86. The van der Waals surface area contributed by atoms with E-state index in [2.05, 4.69) is 27.9 Å². The van der Waals surface area contributed by atoms with Gasteiger partial charge in [0, 0.05) is 19.6 Å². The molecule has 1 saturated heterocycles. The van der Waals surface area contributed by atoms with Crippen LogP contribution in [0.25, 0.3) is 0 Å². The number of furan rings is 1. The minimum atomic E-state index is 0.118. The van der Waals surface area contributed by atoms with Crippen molar-refractivity contribution in [2.24, 2.45) is 0 Å². The molecular formula is C19H27N3O3. The van der Waals surface area contributed by atoms with Crippen molar-refractivity contribution >= 4 is 0 Å². The molecule has 0 amide bonds. The number of hydrazine groups is 1. The van der Waals surface area contributed by atoms with Crippen molar-refractivity contribution in [3.63, 3.8) is 0 Å². The summed E-state index contributed by atoms with van der Waals surface area (Å²) in [5.41, 5.74) is 7.50. The zero-order valence-electron chi connectivity index (χ0n) is 14.7. The molecule has 6 nitrogen and oxygen atoms in total. The van der Waals surface area contributed by atoms with Crippen LogP contribution in [0.15, 0.2) is 40.8 Å². The molecule has 2 heterocycles. The maximum Gasteiger partial charge on any atom is 0.122 e. The molecule has 0 bridgehead atoms. The summed E-state index contributed by atoms with van der Waals surface area (Å²) in [6.07, 6.45) is 1.03. The first-order chi connectivity index (χ1) is 12.3. The summed E-state index contributed by atoms with van der Waals surface area (Å²) in [5.74, 6) is 2.75. The van der Waals surface area contributed by atoms with Crippen molar-refractivity contribution in [2.45, 2.75) is 32.5 Å². The van der Waals surface area contributed by atoms with Gasteiger partial charge in [-0.1, -0.05) is 12.1 Å². The van der Waals surface area contributed by atoms with E-state index in [-0.39, 0.29) is 12.6 Å². The second-order valence-electron chi connectivity index (χ2n) is 6.23. The molecule has 0 aliphatic carbocycles. The summed E-state index contributed by atoms with van der Waals surface area (Å²) in [6, 6.07) is 12.4. The summed E-state index contributed by atoms with van der Waals surface area (Å²) in [7, 11) is 0. The van der Waals surface area contributed by atoms with Crippen LogP contribution in [0.5, 0.6) is 5.75 Å². The van der Waals surface area contributed by atoms with Gasteiger partial charge in [-0.05, 0) is 43.2 Å². The number of hydrogen-bond donors (Lipinski definition) is 3. The summed E-state index contributed by atoms with van der Waals surface area (Å²) >= 11 is 0. The van der Waals surface area contributed by atoms with Crippen LogP contribution in [0.4, 0.5) is 0 Å². The molecule has 3 N–H and O–H groups in total. The van der Waals surface area contributed by atoms with Crippen molar-refractivity contribution in [3.05, 3.63) is 53.5 Å². The van der Waals surface area contributed by atoms with Gasteiger partial charge in [-0.3, -0.25) is 10.3 Å². The van der Waals surface area contributed by atoms with Gasteiger partial charge in [0.2, 0.25) is 0 Å². The molecule has 1 aliphatic heterocycles. The zero-order valence-corrected chi connectivity index (χ0v) is 14.7. The molecular weight excluding hydrogens is 318 g/mol. The predicted molar refractivity (Wildman–Crippen MR) is 96.0 cm³/mol. The van der Waals surface area contributed by atoms with Gasteiger partial charge >= 0.3 is 0 Å². The van der Waals surface area contributed by atoms with Crippen molar-refractivity contribution in [3.8, 4) is 5.75 Å². The standard InChI is InChI=1S/C19H27N3O3/c1-2-24-16-5-3-4-15(12-16)13-22(10-11-23)14-17-6-7-19(25-17)18-8-9-20-21-18/h3-7,12,18,20-21,23H,2,8-11,13-14H2,1H3. The van der Waals surface area contributed by atoms with Crippen molar-refractivity contribution in [1.82, 2.24) is 15.8 Å². The number of aliphatic hydroxyl groups excluding tert-OH is 1. The maximum atomic E-state index is 9.39. The van der Waals surface area contributed by atoms with E-state index >= 15 is 0 Å². The lowest BCUT2D eigenvalue weighted by molar-refractivity contribution is 0.173. The van der Waals surface area contributed by atoms with Crippen LogP contribution < -0.4 is 15.6 Å². The van der Waals surface area contributed by atoms with Crippen LogP contribution in [0.1, 0.15) is 36.5 Å². The van der Waals surface area contributed by atoms with E-state index in [4.69, 9.17) is 9.15 Å². The topological polar surface area (TPSA) is 69.9 Å².